The standard InChI is InChI=1S/C55H90O6/c1-4-7-10-13-16-19-22-25-27-30-33-36-39-42-45-48-54(57)60-51-52(50-59-53(56)47-44-41-38-35-32-29-24-21-18-15-12-9-6-3)61-55(58)49-46-43-40-37-34-31-28-26-23-20-17-14-11-8-5-2/h7-8,10-11,16-17,19-21,24-28,33,36,52H,4-6,9,12-15,18,22-23,29-32,34-35,37-51H2,1-3H3/b10-7-,11-8-,19-16-,20-17-,24-21-,27-25-,28-26-,36-33-/t52-/m1/s1. The van der Waals surface area contributed by atoms with Crippen LogP contribution in [-0.4, -0.2) is 37.2 Å². The number of hydrogen-bond acceptors (Lipinski definition) is 6. The molecule has 0 aliphatic heterocycles. The van der Waals surface area contributed by atoms with Gasteiger partial charge in [0.25, 0.3) is 0 Å². The number of allylic oxidation sites excluding steroid dienone is 16. The topological polar surface area (TPSA) is 78.9 Å². The molecule has 0 bridgehead atoms. The molecule has 346 valence electrons. The van der Waals surface area contributed by atoms with E-state index in [1.807, 2.05) is 0 Å². The van der Waals surface area contributed by atoms with E-state index in [0.717, 1.165) is 135 Å². The van der Waals surface area contributed by atoms with Crippen molar-refractivity contribution < 1.29 is 28.6 Å². The van der Waals surface area contributed by atoms with Crippen LogP contribution in [0.2, 0.25) is 0 Å². The Morgan fingerprint density at radius 3 is 1.05 bits per heavy atom. The van der Waals surface area contributed by atoms with Gasteiger partial charge in [0.2, 0.25) is 0 Å². The van der Waals surface area contributed by atoms with Crippen LogP contribution in [0.15, 0.2) is 97.2 Å². The molecule has 0 saturated heterocycles. The molecule has 6 heteroatoms. The van der Waals surface area contributed by atoms with E-state index >= 15 is 0 Å². The minimum absolute atomic E-state index is 0.103. The van der Waals surface area contributed by atoms with Gasteiger partial charge in [-0.15, -0.1) is 0 Å². The second kappa shape index (κ2) is 49.0. The third-order valence-electron chi connectivity index (χ3n) is 10.1. The highest BCUT2D eigenvalue weighted by Gasteiger charge is 2.19. The van der Waals surface area contributed by atoms with Gasteiger partial charge in [0, 0.05) is 19.3 Å². The highest BCUT2D eigenvalue weighted by Crippen LogP contribution is 2.13. The van der Waals surface area contributed by atoms with Crippen molar-refractivity contribution in [3.05, 3.63) is 97.2 Å². The third kappa shape index (κ3) is 47.2. The van der Waals surface area contributed by atoms with Crippen molar-refractivity contribution in [2.24, 2.45) is 0 Å². The Bertz CT molecular complexity index is 1250. The molecule has 0 fully saturated rings. The normalized spacial score (nSPS) is 12.9. The van der Waals surface area contributed by atoms with Crippen LogP contribution >= 0.6 is 0 Å². The summed E-state index contributed by atoms with van der Waals surface area (Å²) in [5.74, 6) is -0.978. The molecule has 0 radical (unpaired) electrons. The Balaban J connectivity index is 4.51. The second-order valence-corrected chi connectivity index (χ2v) is 16.0. The number of carbonyl (C=O) groups is 3. The lowest BCUT2D eigenvalue weighted by atomic mass is 10.1. The first-order valence-electron chi connectivity index (χ1n) is 24.7. The number of carbonyl (C=O) groups excluding carboxylic acids is 3. The monoisotopic (exact) mass is 847 g/mol. The van der Waals surface area contributed by atoms with Gasteiger partial charge >= 0.3 is 17.9 Å². The molecule has 0 saturated carbocycles. The summed E-state index contributed by atoms with van der Waals surface area (Å²) in [6, 6.07) is 0. The van der Waals surface area contributed by atoms with Crippen LogP contribution in [0.1, 0.15) is 213 Å². The fourth-order valence-corrected chi connectivity index (χ4v) is 6.38. The Morgan fingerprint density at radius 2 is 0.639 bits per heavy atom. The van der Waals surface area contributed by atoms with E-state index in [4.69, 9.17) is 14.2 Å². The first kappa shape index (κ1) is 57.3. The van der Waals surface area contributed by atoms with Gasteiger partial charge in [0.1, 0.15) is 13.2 Å². The lowest BCUT2D eigenvalue weighted by Gasteiger charge is -2.18. The highest BCUT2D eigenvalue weighted by molar-refractivity contribution is 5.71. The van der Waals surface area contributed by atoms with Crippen molar-refractivity contribution in [1.29, 1.82) is 0 Å². The molecule has 0 N–H and O–H groups in total. The van der Waals surface area contributed by atoms with Crippen LogP contribution in [0, 0.1) is 0 Å². The van der Waals surface area contributed by atoms with Gasteiger partial charge in [0.05, 0.1) is 0 Å². The van der Waals surface area contributed by atoms with Crippen molar-refractivity contribution in [2.45, 2.75) is 219 Å². The van der Waals surface area contributed by atoms with Gasteiger partial charge in [-0.1, -0.05) is 176 Å². The highest BCUT2D eigenvalue weighted by atomic mass is 16.6. The van der Waals surface area contributed by atoms with Gasteiger partial charge in [-0.3, -0.25) is 14.4 Å². The molecular weight excluding hydrogens is 757 g/mol. The Hall–Kier alpha value is -3.67. The first-order chi connectivity index (χ1) is 30.0. The number of unbranched alkanes of at least 4 members (excludes halogenated alkanes) is 16. The van der Waals surface area contributed by atoms with Crippen LogP contribution < -0.4 is 0 Å². The predicted molar refractivity (Wildman–Crippen MR) is 260 cm³/mol. The molecule has 0 spiro atoms. The van der Waals surface area contributed by atoms with E-state index in [-0.39, 0.29) is 31.1 Å². The van der Waals surface area contributed by atoms with Gasteiger partial charge in [-0.05, 0) is 116 Å². The van der Waals surface area contributed by atoms with E-state index in [0.29, 0.717) is 19.3 Å². The third-order valence-corrected chi connectivity index (χ3v) is 10.1. The molecule has 0 aromatic carbocycles. The minimum Gasteiger partial charge on any atom is -0.462 e. The zero-order valence-electron chi connectivity index (χ0n) is 39.4. The minimum atomic E-state index is -0.807. The van der Waals surface area contributed by atoms with Crippen LogP contribution in [0.5, 0.6) is 0 Å². The second-order valence-electron chi connectivity index (χ2n) is 16.0. The molecule has 0 aromatic rings. The predicted octanol–water partition coefficient (Wildman–Crippen LogP) is 16.2. The van der Waals surface area contributed by atoms with Crippen molar-refractivity contribution in [2.75, 3.05) is 13.2 Å². The number of rotatable bonds is 43. The maximum atomic E-state index is 12.8. The SMILES string of the molecule is CC/C=C\C/C=C\C/C=C\C/C=C\CCCCC(=O)OC[C@@H](COC(=O)CCCCCCC/C=C\CCCCCC)OC(=O)CCCCCCC/C=C\C/C=C\C/C=C\CC. The lowest BCUT2D eigenvalue weighted by Crippen LogP contribution is -2.30. The molecule has 0 aliphatic carbocycles. The van der Waals surface area contributed by atoms with Crippen LogP contribution in [0.3, 0.4) is 0 Å². The van der Waals surface area contributed by atoms with Crippen LogP contribution in [0.4, 0.5) is 0 Å². The maximum absolute atomic E-state index is 12.8. The van der Waals surface area contributed by atoms with Crippen LogP contribution in [-0.2, 0) is 28.6 Å². The van der Waals surface area contributed by atoms with Crippen molar-refractivity contribution >= 4 is 17.9 Å². The lowest BCUT2D eigenvalue weighted by molar-refractivity contribution is -0.167. The average molecular weight is 847 g/mol. The van der Waals surface area contributed by atoms with E-state index < -0.39 is 6.10 Å². The molecule has 0 rings (SSSR count). The molecule has 0 aromatic heterocycles. The van der Waals surface area contributed by atoms with Gasteiger partial charge in [-0.25, -0.2) is 0 Å². The van der Waals surface area contributed by atoms with Crippen molar-refractivity contribution in [3.8, 4) is 0 Å². The molecule has 0 heterocycles. The summed E-state index contributed by atoms with van der Waals surface area (Å²) in [5.41, 5.74) is 0. The zero-order chi connectivity index (χ0) is 44.4. The summed E-state index contributed by atoms with van der Waals surface area (Å²) in [5, 5.41) is 0. The first-order valence-corrected chi connectivity index (χ1v) is 24.7. The van der Waals surface area contributed by atoms with E-state index in [9.17, 15) is 14.4 Å². The molecule has 61 heavy (non-hydrogen) atoms. The Kier molecular flexibility index (Phi) is 46.0. The van der Waals surface area contributed by atoms with Crippen molar-refractivity contribution in [1.82, 2.24) is 0 Å². The largest absolute Gasteiger partial charge is 0.462 e. The maximum Gasteiger partial charge on any atom is 0.306 e. The molecular formula is C55H90O6. The summed E-state index contributed by atoms with van der Waals surface area (Å²) in [4.78, 5) is 37.9. The summed E-state index contributed by atoms with van der Waals surface area (Å²) < 4.78 is 16.7. The summed E-state index contributed by atoms with van der Waals surface area (Å²) in [6.07, 6.45) is 63.9. The van der Waals surface area contributed by atoms with Crippen molar-refractivity contribution in [3.63, 3.8) is 0 Å². The number of esters is 3. The smallest absolute Gasteiger partial charge is 0.306 e. The molecule has 0 amide bonds. The van der Waals surface area contributed by atoms with E-state index in [2.05, 4.69) is 118 Å². The van der Waals surface area contributed by atoms with Gasteiger partial charge in [0.15, 0.2) is 6.10 Å². The molecule has 6 nitrogen and oxygen atoms in total. The zero-order valence-corrected chi connectivity index (χ0v) is 39.4. The van der Waals surface area contributed by atoms with E-state index in [1.54, 1.807) is 0 Å². The summed E-state index contributed by atoms with van der Waals surface area (Å²) >= 11 is 0. The summed E-state index contributed by atoms with van der Waals surface area (Å²) in [6.45, 7) is 6.32. The van der Waals surface area contributed by atoms with Gasteiger partial charge < -0.3 is 14.2 Å². The Labute approximate surface area is 375 Å². The Morgan fingerprint density at radius 1 is 0.344 bits per heavy atom. The van der Waals surface area contributed by atoms with Gasteiger partial charge in [-0.2, -0.15) is 0 Å². The molecule has 0 aliphatic rings. The number of hydrogen-bond donors (Lipinski definition) is 0. The summed E-state index contributed by atoms with van der Waals surface area (Å²) in [7, 11) is 0. The fourth-order valence-electron chi connectivity index (χ4n) is 6.38. The van der Waals surface area contributed by atoms with Crippen LogP contribution in [0.25, 0.3) is 0 Å². The molecule has 1 atom stereocenters. The average Bonchev–Trinajstić information content (AvgIpc) is 3.26. The number of ether oxygens (including phenoxy) is 3. The molecule has 0 unspecified atom stereocenters. The fraction of sp³-hybridized carbons (Fsp3) is 0.655. The van der Waals surface area contributed by atoms with E-state index in [1.165, 1.54) is 38.5 Å². The quantitative estimate of drug-likeness (QED) is 0.0263.